The maximum atomic E-state index is 13.3. The smallest absolute Gasteiger partial charge is 0.266 e. The number of hydrogen-bond acceptors (Lipinski definition) is 7. The van der Waals surface area contributed by atoms with Crippen molar-refractivity contribution in [1.82, 2.24) is 19.7 Å². The number of allylic oxidation sites excluding steroid dienone is 2. The average Bonchev–Trinajstić information content (AvgIpc) is 3.62. The molecule has 41 heavy (non-hydrogen) atoms. The summed E-state index contributed by atoms with van der Waals surface area (Å²) in [4.78, 5) is 28.5. The zero-order valence-corrected chi connectivity index (χ0v) is 25.9. The summed E-state index contributed by atoms with van der Waals surface area (Å²) in [5.41, 5.74) is 2.95. The number of aliphatic imine (C=N–C) groups is 1. The minimum Gasteiger partial charge on any atom is -0.266 e. The summed E-state index contributed by atoms with van der Waals surface area (Å²) < 4.78 is 1.30. The largest absolute Gasteiger partial charge is 0.291 e. The zero-order chi connectivity index (χ0) is 29.4. The molecule has 0 amide bonds. The first-order valence-electron chi connectivity index (χ1n) is 15.2. The molecule has 0 saturated heterocycles. The Hall–Kier alpha value is -3.44. The Kier molecular flexibility index (Phi) is 10.8. The van der Waals surface area contributed by atoms with Crippen molar-refractivity contribution in [2.24, 2.45) is 4.99 Å². The Morgan fingerprint density at radius 2 is 1.59 bits per heavy atom. The lowest BCUT2D eigenvalue weighted by atomic mass is 9.96. The molecule has 0 aliphatic carbocycles. The van der Waals surface area contributed by atoms with E-state index in [9.17, 15) is 10.1 Å². The van der Waals surface area contributed by atoms with Gasteiger partial charge in [-0.1, -0.05) is 108 Å². The van der Waals surface area contributed by atoms with Crippen LogP contribution >= 0.6 is 11.3 Å². The minimum absolute atomic E-state index is 0.0593. The number of nitrogens with zero attached hydrogens (tertiary/aromatic N) is 6. The van der Waals surface area contributed by atoms with Crippen molar-refractivity contribution in [3.8, 4) is 17.3 Å². The fourth-order valence-electron chi connectivity index (χ4n) is 5.34. The van der Waals surface area contributed by atoms with Gasteiger partial charge in [0.15, 0.2) is 11.6 Å². The Morgan fingerprint density at radius 1 is 0.951 bits per heavy atom. The molecule has 0 bridgehead atoms. The standard InChI is InChI=1S/C33H42N6OS/c1-6-10-16-23(9-4)29-37-30-27(22(5)26(21-34)33(40)39(30)38-29)35-32-28(24-19-14-13-15-20-24)36-31(41-32)25(17-11-7-2)18-12-8-3/h13-15,19-20,23,25H,6-12,16-18H2,1-5H3/b35-27-. The molecule has 0 spiro atoms. The third-order valence-corrected chi connectivity index (χ3v) is 9.01. The number of nitriles is 1. The highest BCUT2D eigenvalue weighted by atomic mass is 32.1. The Balaban J connectivity index is 1.88. The Labute approximate surface area is 248 Å². The van der Waals surface area contributed by atoms with Crippen LogP contribution < -0.4 is 0 Å². The third kappa shape index (κ3) is 6.73. The number of carbonyl (C=O) groups is 1. The molecule has 1 unspecified atom stereocenters. The van der Waals surface area contributed by atoms with E-state index in [2.05, 4.69) is 51.0 Å². The molecule has 3 aromatic rings. The summed E-state index contributed by atoms with van der Waals surface area (Å²) in [7, 11) is 0. The molecule has 7 nitrogen and oxygen atoms in total. The van der Waals surface area contributed by atoms with Gasteiger partial charge in [0.05, 0.1) is 5.01 Å². The maximum absolute atomic E-state index is 13.3. The molecule has 0 N–H and O–H groups in total. The summed E-state index contributed by atoms with van der Waals surface area (Å²) in [6, 6.07) is 12.3. The van der Waals surface area contributed by atoms with Gasteiger partial charge in [-0.25, -0.2) is 15.0 Å². The topological polar surface area (TPSA) is 96.8 Å². The van der Waals surface area contributed by atoms with E-state index in [0.29, 0.717) is 28.9 Å². The molecule has 3 heterocycles. The molecule has 0 radical (unpaired) electrons. The second-order valence-electron chi connectivity index (χ2n) is 10.9. The first-order valence-corrected chi connectivity index (χ1v) is 16.1. The molecule has 0 saturated carbocycles. The van der Waals surface area contributed by atoms with E-state index in [1.165, 1.54) is 4.68 Å². The fourth-order valence-corrected chi connectivity index (χ4v) is 6.47. The molecule has 216 valence electrons. The van der Waals surface area contributed by atoms with Crippen molar-refractivity contribution in [3.05, 3.63) is 58.1 Å². The number of thiazole rings is 1. The lowest BCUT2D eigenvalue weighted by molar-refractivity contribution is 0.0941. The van der Waals surface area contributed by atoms with Gasteiger partial charge in [-0.2, -0.15) is 9.94 Å². The van der Waals surface area contributed by atoms with Gasteiger partial charge in [0.1, 0.15) is 28.0 Å². The molecular formula is C33H42N6OS. The molecule has 2 aromatic heterocycles. The summed E-state index contributed by atoms with van der Waals surface area (Å²) in [5.74, 6) is 1.17. The van der Waals surface area contributed by atoms with Crippen molar-refractivity contribution in [2.45, 2.75) is 111 Å². The fraction of sp³-hybridized carbons (Fsp3) is 0.515. The predicted octanol–water partition coefficient (Wildman–Crippen LogP) is 9.16. The number of aromatic nitrogens is 4. The van der Waals surface area contributed by atoms with Gasteiger partial charge in [0.2, 0.25) is 0 Å². The van der Waals surface area contributed by atoms with Crippen LogP contribution in [0, 0.1) is 11.3 Å². The van der Waals surface area contributed by atoms with Crippen LogP contribution in [0.5, 0.6) is 0 Å². The predicted molar refractivity (Wildman–Crippen MR) is 167 cm³/mol. The zero-order valence-electron chi connectivity index (χ0n) is 25.1. The first-order chi connectivity index (χ1) is 20.0. The highest BCUT2D eigenvalue weighted by Gasteiger charge is 2.34. The third-order valence-electron chi connectivity index (χ3n) is 7.90. The van der Waals surface area contributed by atoms with Gasteiger partial charge < -0.3 is 0 Å². The van der Waals surface area contributed by atoms with E-state index >= 15 is 0 Å². The van der Waals surface area contributed by atoms with E-state index in [1.54, 1.807) is 18.3 Å². The summed E-state index contributed by atoms with van der Waals surface area (Å²) in [6.07, 6.45) is 10.8. The second-order valence-corrected chi connectivity index (χ2v) is 11.9. The molecule has 1 aliphatic heterocycles. The summed E-state index contributed by atoms with van der Waals surface area (Å²) >= 11 is 1.63. The second kappa shape index (κ2) is 14.5. The molecule has 1 aromatic carbocycles. The molecule has 1 aliphatic rings. The lowest BCUT2D eigenvalue weighted by Crippen LogP contribution is -2.28. The van der Waals surface area contributed by atoms with E-state index in [-0.39, 0.29) is 11.5 Å². The number of unbranched alkanes of at least 4 members (excludes halogenated alkanes) is 3. The van der Waals surface area contributed by atoms with Crippen molar-refractivity contribution in [2.75, 3.05) is 0 Å². The molecule has 0 fully saturated rings. The molecule has 4 rings (SSSR count). The lowest BCUT2D eigenvalue weighted by Gasteiger charge is -2.15. The number of fused-ring (bicyclic) bond motifs is 1. The number of rotatable bonds is 14. The van der Waals surface area contributed by atoms with Crippen LogP contribution in [0.1, 0.15) is 132 Å². The van der Waals surface area contributed by atoms with Gasteiger partial charge in [-0.3, -0.25) is 4.79 Å². The van der Waals surface area contributed by atoms with Crippen LogP contribution in [0.15, 0.2) is 46.5 Å². The monoisotopic (exact) mass is 570 g/mol. The van der Waals surface area contributed by atoms with Gasteiger partial charge in [-0.05, 0) is 32.6 Å². The van der Waals surface area contributed by atoms with Crippen molar-refractivity contribution >= 4 is 28.0 Å². The van der Waals surface area contributed by atoms with Crippen molar-refractivity contribution < 1.29 is 4.79 Å². The van der Waals surface area contributed by atoms with Crippen LogP contribution in [0.2, 0.25) is 0 Å². The van der Waals surface area contributed by atoms with E-state index in [1.807, 2.05) is 18.2 Å². The van der Waals surface area contributed by atoms with Crippen molar-refractivity contribution in [1.29, 1.82) is 5.26 Å². The van der Waals surface area contributed by atoms with Gasteiger partial charge in [-0.15, -0.1) is 5.10 Å². The van der Waals surface area contributed by atoms with Gasteiger partial charge >= 0.3 is 0 Å². The Morgan fingerprint density at radius 3 is 2.17 bits per heavy atom. The van der Waals surface area contributed by atoms with Crippen LogP contribution in [0.4, 0.5) is 5.00 Å². The maximum Gasteiger partial charge on any atom is 0.291 e. The van der Waals surface area contributed by atoms with Crippen LogP contribution in [0.25, 0.3) is 11.3 Å². The average molecular weight is 571 g/mol. The number of benzene rings is 1. The van der Waals surface area contributed by atoms with Gasteiger partial charge in [0, 0.05) is 23.0 Å². The summed E-state index contributed by atoms with van der Waals surface area (Å²) in [6.45, 7) is 10.5. The van der Waals surface area contributed by atoms with Crippen LogP contribution in [-0.2, 0) is 0 Å². The summed E-state index contributed by atoms with van der Waals surface area (Å²) in [5, 5.41) is 16.5. The quantitative estimate of drug-likeness (QED) is 0.192. The first kappa shape index (κ1) is 30.5. The highest BCUT2D eigenvalue weighted by molar-refractivity contribution is 7.16. The van der Waals surface area contributed by atoms with E-state index in [4.69, 9.17) is 15.0 Å². The Bertz CT molecular complexity index is 1430. The SMILES string of the molecule is CCCCC(CC)c1nc2n(n1)C(=O)C(C#N)=C(C)/C2=N/c1sc(C(CCCC)CCCC)nc1-c1ccccc1. The molecule has 8 heteroatoms. The van der Waals surface area contributed by atoms with E-state index in [0.717, 1.165) is 85.5 Å². The van der Waals surface area contributed by atoms with Crippen LogP contribution in [-0.4, -0.2) is 31.4 Å². The number of hydrogen-bond donors (Lipinski definition) is 0. The minimum atomic E-state index is -0.435. The van der Waals surface area contributed by atoms with Crippen LogP contribution in [0.3, 0.4) is 0 Å². The van der Waals surface area contributed by atoms with Gasteiger partial charge in [0.25, 0.3) is 5.91 Å². The molecular weight excluding hydrogens is 528 g/mol. The number of carbonyl (C=O) groups excluding carboxylic acids is 1. The normalized spacial score (nSPS) is 15.0. The molecule has 1 atom stereocenters. The highest BCUT2D eigenvalue weighted by Crippen LogP contribution is 2.42. The van der Waals surface area contributed by atoms with Crippen molar-refractivity contribution in [3.63, 3.8) is 0 Å². The van der Waals surface area contributed by atoms with E-state index < -0.39 is 5.91 Å².